The highest BCUT2D eigenvalue weighted by Crippen LogP contribution is 2.46. The Morgan fingerprint density at radius 1 is 1.24 bits per heavy atom. The van der Waals surface area contributed by atoms with E-state index in [1.54, 1.807) is 31.4 Å². The molecule has 0 unspecified atom stereocenters. The molecule has 9 nitrogen and oxygen atoms in total. The Morgan fingerprint density at radius 3 is 2.70 bits per heavy atom. The zero-order chi connectivity index (χ0) is 33.2. The number of nitrogens with zero attached hydrogens (tertiary/aromatic N) is 1. The van der Waals surface area contributed by atoms with Crippen LogP contribution in [0.1, 0.15) is 73.9 Å². The molecular weight excluding hydrogens is 628 g/mol. The molecule has 1 aliphatic heterocycles. The third-order valence-corrected chi connectivity index (χ3v) is 12.3. The summed E-state index contributed by atoms with van der Waals surface area (Å²) >= 11 is 6.38. The number of primary sulfonamides is 1. The topological polar surface area (TPSA) is 139 Å². The fraction of sp³-hybridized carbons (Fsp3) is 0.571. The zero-order valence-electron chi connectivity index (χ0n) is 26.9. The molecule has 2 aromatic rings. The molecule has 1 saturated carbocycles. The summed E-state index contributed by atoms with van der Waals surface area (Å²) in [6, 6.07) is 11.2. The maximum Gasteiger partial charge on any atom is 0.335 e. The number of carboxylic acids is 1. The van der Waals surface area contributed by atoms with Crippen LogP contribution in [0.25, 0.3) is 0 Å². The molecule has 46 heavy (non-hydrogen) atoms. The highest BCUT2D eigenvalue weighted by molar-refractivity contribution is 7.89. The number of aliphatic hydroxyl groups excluding tert-OH is 1. The van der Waals surface area contributed by atoms with Gasteiger partial charge >= 0.3 is 5.97 Å². The number of halogens is 1. The van der Waals surface area contributed by atoms with Gasteiger partial charge in [0.05, 0.1) is 35.3 Å². The lowest BCUT2D eigenvalue weighted by Crippen LogP contribution is -2.49. The van der Waals surface area contributed by atoms with Crippen molar-refractivity contribution in [3.63, 3.8) is 0 Å². The summed E-state index contributed by atoms with van der Waals surface area (Å²) in [5.74, 6) is -0.355. The zero-order valence-corrected chi connectivity index (χ0v) is 28.5. The van der Waals surface area contributed by atoms with Gasteiger partial charge in [-0.3, -0.25) is 0 Å². The predicted octanol–water partition coefficient (Wildman–Crippen LogP) is 5.56. The molecule has 1 fully saturated rings. The lowest BCUT2D eigenvalue weighted by molar-refractivity contribution is 0.0455. The Hall–Kier alpha value is -2.63. The number of nitrogens with two attached hydrogens (primary N) is 1. The highest BCUT2D eigenvalue weighted by atomic mass is 35.5. The second kappa shape index (κ2) is 14.2. The van der Waals surface area contributed by atoms with Gasteiger partial charge in [0.15, 0.2) is 0 Å². The van der Waals surface area contributed by atoms with Crippen molar-refractivity contribution in [3.05, 3.63) is 70.3 Å². The van der Waals surface area contributed by atoms with Crippen LogP contribution in [0.4, 0.5) is 5.69 Å². The quantitative estimate of drug-likeness (QED) is 0.249. The van der Waals surface area contributed by atoms with Gasteiger partial charge in [0, 0.05) is 30.6 Å². The van der Waals surface area contributed by atoms with Crippen LogP contribution in [-0.4, -0.2) is 68.9 Å². The van der Waals surface area contributed by atoms with Gasteiger partial charge in [-0.05, 0) is 111 Å². The molecule has 0 saturated heterocycles. The van der Waals surface area contributed by atoms with Crippen LogP contribution < -0.4 is 14.8 Å². The summed E-state index contributed by atoms with van der Waals surface area (Å²) in [7, 11) is -2.21. The number of carboxylic acid groups (broad SMARTS) is 1. The van der Waals surface area contributed by atoms with Gasteiger partial charge in [-0.1, -0.05) is 36.7 Å². The Labute approximate surface area is 277 Å². The molecule has 2 aliphatic carbocycles. The van der Waals surface area contributed by atoms with Crippen molar-refractivity contribution < 1.29 is 32.9 Å². The van der Waals surface area contributed by atoms with E-state index in [4.69, 9.17) is 26.2 Å². The van der Waals surface area contributed by atoms with Crippen LogP contribution in [0.3, 0.4) is 0 Å². The average molecular weight is 675 g/mol. The first-order valence-corrected chi connectivity index (χ1v) is 18.2. The first-order chi connectivity index (χ1) is 21.8. The number of carbonyl (C=O) groups is 1. The highest BCUT2D eigenvalue weighted by Gasteiger charge is 2.44. The molecule has 0 amide bonds. The molecule has 5 rings (SSSR count). The summed E-state index contributed by atoms with van der Waals surface area (Å²) in [5.41, 5.74) is 3.16. The van der Waals surface area contributed by atoms with Crippen LogP contribution in [-0.2, 0) is 26.6 Å². The Kier molecular flexibility index (Phi) is 10.7. The monoisotopic (exact) mass is 674 g/mol. The second-order valence-corrected chi connectivity index (χ2v) is 15.9. The number of hydrogen-bond acceptors (Lipinski definition) is 7. The number of ether oxygens (including phenoxy) is 2. The minimum atomic E-state index is -3.76. The van der Waals surface area contributed by atoms with E-state index in [1.807, 2.05) is 26.0 Å². The molecule has 11 heteroatoms. The molecule has 252 valence electrons. The maximum atomic E-state index is 12.3. The number of aryl methyl sites for hydroxylation is 1. The number of fused-ring (bicyclic) bond motifs is 3. The van der Waals surface area contributed by atoms with Crippen molar-refractivity contribution in [2.75, 3.05) is 31.7 Å². The van der Waals surface area contributed by atoms with Crippen molar-refractivity contribution in [1.82, 2.24) is 0 Å². The fourth-order valence-electron chi connectivity index (χ4n) is 7.64. The van der Waals surface area contributed by atoms with Gasteiger partial charge in [-0.25, -0.2) is 18.4 Å². The Bertz CT molecular complexity index is 1550. The molecule has 2 aromatic carbocycles. The van der Waals surface area contributed by atoms with Crippen molar-refractivity contribution >= 4 is 33.3 Å². The molecule has 0 bridgehead atoms. The van der Waals surface area contributed by atoms with Gasteiger partial charge in [0.25, 0.3) is 0 Å². The number of rotatable bonds is 12. The van der Waals surface area contributed by atoms with Gasteiger partial charge in [-0.15, -0.1) is 0 Å². The number of sulfonamides is 1. The van der Waals surface area contributed by atoms with Crippen molar-refractivity contribution in [2.24, 2.45) is 22.9 Å². The third kappa shape index (κ3) is 7.57. The number of hydrogen-bond donors (Lipinski definition) is 3. The van der Waals surface area contributed by atoms with Gasteiger partial charge in [0.2, 0.25) is 10.0 Å². The molecule has 1 spiro atoms. The van der Waals surface area contributed by atoms with E-state index >= 15 is 0 Å². The largest absolute Gasteiger partial charge is 0.490 e. The summed E-state index contributed by atoms with van der Waals surface area (Å²) in [5, 5.41) is 26.6. The van der Waals surface area contributed by atoms with Crippen LogP contribution in [0.5, 0.6) is 5.75 Å². The Morgan fingerprint density at radius 2 is 2.02 bits per heavy atom. The van der Waals surface area contributed by atoms with Gasteiger partial charge in [-0.2, -0.15) is 0 Å². The standard InChI is InChI=1S/C35H47ClN2O7S/c1-22(33(46(37,42)43)16-23(2)44-3)6-4-8-31(39)28-12-9-26(28)19-38-20-35(15-5-7-24-17-27(36)11-13-29(24)35)21-45-32-14-10-25(34(40)41)18-30(32)38/h4,8,10-11,13-14,17-18,22-23,26,28,31,33,39H,5-7,9,12,15-16,19-21H2,1-3H3,(H,40,41)(H2,37,42,43)/b8-4+/t22-,23+,26-,28+,31-,33+,35-/m0/s1. The van der Waals surface area contributed by atoms with Gasteiger partial charge in [0.1, 0.15) is 5.75 Å². The van der Waals surface area contributed by atoms with E-state index in [-0.39, 0.29) is 34.8 Å². The lowest BCUT2D eigenvalue weighted by atomic mass is 9.68. The van der Waals surface area contributed by atoms with Crippen LogP contribution in [0.2, 0.25) is 5.02 Å². The molecule has 0 radical (unpaired) electrons. The average Bonchev–Trinajstić information content (AvgIpc) is 3.14. The molecule has 0 aromatic heterocycles. The lowest BCUT2D eigenvalue weighted by Gasteiger charge is -2.45. The summed E-state index contributed by atoms with van der Waals surface area (Å²) in [4.78, 5) is 14.2. The van der Waals surface area contributed by atoms with E-state index in [2.05, 4.69) is 17.0 Å². The van der Waals surface area contributed by atoms with Gasteiger partial charge < -0.3 is 24.6 Å². The summed E-state index contributed by atoms with van der Waals surface area (Å²) in [6.45, 7) is 5.48. The van der Waals surface area contributed by atoms with Crippen LogP contribution in [0.15, 0.2) is 48.6 Å². The van der Waals surface area contributed by atoms with E-state index in [0.29, 0.717) is 38.3 Å². The minimum Gasteiger partial charge on any atom is -0.490 e. The normalized spacial score (nSPS) is 25.5. The SMILES string of the molecule is CO[C@H](C)C[C@H]([C@@H](C)C/C=C/[C@H](O)[C@@H]1CC[C@H]1CN1C[C@@]2(CCCc3cc(Cl)ccc32)COc2ccc(C(=O)O)cc21)S(N)(=O)=O. The minimum absolute atomic E-state index is 0.0257. The summed E-state index contributed by atoms with van der Waals surface area (Å²) in [6.07, 6.45) is 8.23. The van der Waals surface area contributed by atoms with E-state index in [1.165, 1.54) is 11.1 Å². The number of anilines is 1. The van der Waals surface area contributed by atoms with Crippen molar-refractivity contribution in [1.29, 1.82) is 0 Å². The van der Waals surface area contributed by atoms with Crippen molar-refractivity contribution in [2.45, 2.75) is 81.7 Å². The smallest absolute Gasteiger partial charge is 0.335 e. The third-order valence-electron chi connectivity index (χ3n) is 10.5. The number of aliphatic hydroxyl groups is 1. The Balaban J connectivity index is 1.34. The second-order valence-electron chi connectivity index (χ2n) is 13.6. The first-order valence-electron chi connectivity index (χ1n) is 16.2. The van der Waals surface area contributed by atoms with Crippen LogP contribution >= 0.6 is 11.6 Å². The van der Waals surface area contributed by atoms with E-state index < -0.39 is 27.3 Å². The molecule has 3 aliphatic rings. The summed E-state index contributed by atoms with van der Waals surface area (Å²) < 4.78 is 36.3. The molecule has 1 heterocycles. The molecular formula is C35H47ClN2O7S. The number of methoxy groups -OCH3 is 1. The number of aromatic carboxylic acids is 1. The molecule has 4 N–H and O–H groups in total. The number of allylic oxidation sites excluding steroid dienone is 1. The van der Waals surface area contributed by atoms with Crippen molar-refractivity contribution in [3.8, 4) is 5.75 Å². The van der Waals surface area contributed by atoms with Crippen LogP contribution in [0, 0.1) is 17.8 Å². The predicted molar refractivity (Wildman–Crippen MR) is 180 cm³/mol. The molecule has 7 atom stereocenters. The number of benzene rings is 2. The van der Waals surface area contributed by atoms with E-state index in [0.717, 1.165) is 42.8 Å². The van der Waals surface area contributed by atoms with E-state index in [9.17, 15) is 23.4 Å². The fourth-order valence-corrected chi connectivity index (χ4v) is 9.13. The first kappa shape index (κ1) is 34.7. The maximum absolute atomic E-state index is 12.3.